The molecule has 0 bridgehead atoms. The van der Waals surface area contributed by atoms with Gasteiger partial charge in [0.05, 0.1) is 5.56 Å². The number of halogens is 3. The molecule has 0 aromatic heterocycles. The summed E-state index contributed by atoms with van der Waals surface area (Å²) in [5.74, 6) is -1.78. The maximum atomic E-state index is 13.4. The summed E-state index contributed by atoms with van der Waals surface area (Å²) in [6.07, 6.45) is 3.01. The number of rotatable bonds is 1. The Bertz CT molecular complexity index is 405. The molecule has 1 saturated heterocycles. The van der Waals surface area contributed by atoms with Crippen molar-refractivity contribution in [1.82, 2.24) is 4.90 Å². The van der Waals surface area contributed by atoms with E-state index in [1.54, 1.807) is 4.90 Å². The Morgan fingerprint density at radius 3 is 2.35 bits per heavy atom. The lowest BCUT2D eigenvalue weighted by molar-refractivity contribution is 0.0719. The number of nitrogens with zero attached hydrogens (tertiary/aromatic N) is 1. The molecule has 1 aliphatic rings. The van der Waals surface area contributed by atoms with E-state index in [-0.39, 0.29) is 23.9 Å². The first-order chi connectivity index (χ1) is 7.68. The van der Waals surface area contributed by atoms with E-state index in [1.807, 2.05) is 0 Å². The third-order valence-electron chi connectivity index (χ3n) is 2.80. The first-order valence-corrected chi connectivity index (χ1v) is 5.43. The Kier molecular flexibility index (Phi) is 4.87. The van der Waals surface area contributed by atoms with E-state index in [0.29, 0.717) is 13.1 Å². The molecule has 1 aliphatic heterocycles. The minimum absolute atomic E-state index is 0. The average Bonchev–Trinajstić information content (AvgIpc) is 2.29. The first kappa shape index (κ1) is 13.9. The van der Waals surface area contributed by atoms with E-state index >= 15 is 0 Å². The van der Waals surface area contributed by atoms with Crippen LogP contribution in [0.5, 0.6) is 0 Å². The molecule has 0 radical (unpaired) electrons. The smallest absolute Gasteiger partial charge is 0.256 e. The standard InChI is InChI=1S/C12H13F2NO.ClH/c13-9-4-5-10(11(14)8-9)12(16)15-6-2-1-3-7-15;/h4-5,8H,1-3,6-7H2;1H. The predicted molar refractivity (Wildman–Crippen MR) is 63.4 cm³/mol. The third-order valence-corrected chi connectivity index (χ3v) is 2.80. The fourth-order valence-electron chi connectivity index (χ4n) is 1.93. The molecule has 1 heterocycles. The van der Waals surface area contributed by atoms with E-state index in [0.717, 1.165) is 31.4 Å². The Morgan fingerprint density at radius 2 is 1.76 bits per heavy atom. The van der Waals surface area contributed by atoms with Crippen LogP contribution in [0.1, 0.15) is 29.6 Å². The molecule has 2 rings (SSSR count). The molecule has 5 heteroatoms. The number of carbonyl (C=O) groups excluding carboxylic acids is 1. The highest BCUT2D eigenvalue weighted by Gasteiger charge is 2.20. The summed E-state index contributed by atoms with van der Waals surface area (Å²) in [4.78, 5) is 13.5. The summed E-state index contributed by atoms with van der Waals surface area (Å²) >= 11 is 0. The molecule has 1 fully saturated rings. The number of carbonyl (C=O) groups is 1. The molecule has 1 amide bonds. The highest BCUT2D eigenvalue weighted by atomic mass is 35.5. The largest absolute Gasteiger partial charge is 0.339 e. The quantitative estimate of drug-likeness (QED) is 0.761. The van der Waals surface area contributed by atoms with E-state index in [4.69, 9.17) is 0 Å². The van der Waals surface area contributed by atoms with Crippen LogP contribution < -0.4 is 0 Å². The van der Waals surface area contributed by atoms with Crippen molar-refractivity contribution in [1.29, 1.82) is 0 Å². The molecule has 0 saturated carbocycles. The van der Waals surface area contributed by atoms with E-state index < -0.39 is 11.6 Å². The maximum Gasteiger partial charge on any atom is 0.256 e. The number of piperidine rings is 1. The van der Waals surface area contributed by atoms with Crippen LogP contribution in [0.15, 0.2) is 18.2 Å². The Hall–Kier alpha value is -1.16. The highest BCUT2D eigenvalue weighted by molar-refractivity contribution is 5.94. The van der Waals surface area contributed by atoms with Crippen LogP contribution in [0.3, 0.4) is 0 Å². The molecule has 0 aliphatic carbocycles. The molecule has 0 N–H and O–H groups in total. The van der Waals surface area contributed by atoms with E-state index in [1.165, 1.54) is 6.07 Å². The fraction of sp³-hybridized carbons (Fsp3) is 0.417. The second kappa shape index (κ2) is 5.96. The van der Waals surface area contributed by atoms with Crippen molar-refractivity contribution in [2.24, 2.45) is 0 Å². The van der Waals surface area contributed by atoms with Gasteiger partial charge in [-0.05, 0) is 31.4 Å². The fourth-order valence-corrected chi connectivity index (χ4v) is 1.93. The molecular weight excluding hydrogens is 248 g/mol. The van der Waals surface area contributed by atoms with Crippen molar-refractivity contribution < 1.29 is 13.6 Å². The Balaban J connectivity index is 0.00000144. The lowest BCUT2D eigenvalue weighted by Gasteiger charge is -2.26. The molecule has 94 valence electrons. The van der Waals surface area contributed by atoms with Crippen LogP contribution >= 0.6 is 12.4 Å². The van der Waals surface area contributed by atoms with Crippen LogP contribution in [0, 0.1) is 11.6 Å². The van der Waals surface area contributed by atoms with Gasteiger partial charge in [0, 0.05) is 19.2 Å². The predicted octanol–water partition coefficient (Wildman–Crippen LogP) is 3.01. The van der Waals surface area contributed by atoms with Gasteiger partial charge in [-0.15, -0.1) is 12.4 Å². The second-order valence-corrected chi connectivity index (χ2v) is 3.98. The summed E-state index contributed by atoms with van der Waals surface area (Å²) in [6, 6.07) is 3.07. The molecular formula is C12H14ClF2NO. The molecule has 2 nitrogen and oxygen atoms in total. The van der Waals surface area contributed by atoms with Gasteiger partial charge in [0.15, 0.2) is 0 Å². The number of amides is 1. The summed E-state index contributed by atoms with van der Waals surface area (Å²) in [5, 5.41) is 0. The Morgan fingerprint density at radius 1 is 1.12 bits per heavy atom. The van der Waals surface area contributed by atoms with Gasteiger partial charge in [0.2, 0.25) is 0 Å². The minimum atomic E-state index is -0.782. The van der Waals surface area contributed by atoms with Gasteiger partial charge in [-0.3, -0.25) is 4.79 Å². The van der Waals surface area contributed by atoms with Gasteiger partial charge in [-0.2, -0.15) is 0 Å². The minimum Gasteiger partial charge on any atom is -0.339 e. The second-order valence-electron chi connectivity index (χ2n) is 3.98. The number of hydrogen-bond acceptors (Lipinski definition) is 1. The topological polar surface area (TPSA) is 20.3 Å². The zero-order chi connectivity index (χ0) is 11.5. The first-order valence-electron chi connectivity index (χ1n) is 5.43. The zero-order valence-electron chi connectivity index (χ0n) is 9.29. The van der Waals surface area contributed by atoms with Crippen LogP contribution in [-0.4, -0.2) is 23.9 Å². The number of hydrogen-bond donors (Lipinski definition) is 0. The van der Waals surface area contributed by atoms with Gasteiger partial charge in [0.25, 0.3) is 5.91 Å². The molecule has 0 atom stereocenters. The van der Waals surface area contributed by atoms with Gasteiger partial charge in [-0.1, -0.05) is 0 Å². The zero-order valence-corrected chi connectivity index (χ0v) is 10.1. The lowest BCUT2D eigenvalue weighted by Crippen LogP contribution is -2.36. The van der Waals surface area contributed by atoms with Crippen molar-refractivity contribution in [3.8, 4) is 0 Å². The molecule has 0 spiro atoms. The van der Waals surface area contributed by atoms with Crippen LogP contribution in [0.4, 0.5) is 8.78 Å². The Labute approximate surface area is 105 Å². The molecule has 0 unspecified atom stereocenters. The molecule has 1 aromatic carbocycles. The van der Waals surface area contributed by atoms with Gasteiger partial charge >= 0.3 is 0 Å². The monoisotopic (exact) mass is 261 g/mol. The van der Waals surface area contributed by atoms with E-state index in [2.05, 4.69) is 0 Å². The summed E-state index contributed by atoms with van der Waals surface area (Å²) in [7, 11) is 0. The molecule has 1 aromatic rings. The number of likely N-dealkylation sites (tertiary alicyclic amines) is 1. The van der Waals surface area contributed by atoms with Crippen molar-refractivity contribution in [3.63, 3.8) is 0 Å². The van der Waals surface area contributed by atoms with Gasteiger partial charge in [-0.25, -0.2) is 8.78 Å². The van der Waals surface area contributed by atoms with E-state index in [9.17, 15) is 13.6 Å². The van der Waals surface area contributed by atoms with Crippen molar-refractivity contribution in [3.05, 3.63) is 35.4 Å². The summed E-state index contributed by atoms with van der Waals surface area (Å²) in [5.41, 5.74) is -0.0386. The van der Waals surface area contributed by atoms with Gasteiger partial charge in [0.1, 0.15) is 11.6 Å². The SMILES string of the molecule is Cl.O=C(c1ccc(F)cc1F)N1CCCCC1. The van der Waals surface area contributed by atoms with Crippen molar-refractivity contribution in [2.45, 2.75) is 19.3 Å². The normalized spacial score (nSPS) is 15.3. The number of benzene rings is 1. The van der Waals surface area contributed by atoms with Crippen molar-refractivity contribution in [2.75, 3.05) is 13.1 Å². The van der Waals surface area contributed by atoms with Crippen molar-refractivity contribution >= 4 is 18.3 Å². The molecule has 17 heavy (non-hydrogen) atoms. The third kappa shape index (κ3) is 3.16. The van der Waals surface area contributed by atoms with Crippen LogP contribution in [0.2, 0.25) is 0 Å². The summed E-state index contributed by atoms with van der Waals surface area (Å²) < 4.78 is 26.1. The lowest BCUT2D eigenvalue weighted by atomic mass is 10.1. The average molecular weight is 262 g/mol. The van der Waals surface area contributed by atoms with Gasteiger partial charge < -0.3 is 4.90 Å². The highest BCUT2D eigenvalue weighted by Crippen LogP contribution is 2.16. The van der Waals surface area contributed by atoms with Crippen LogP contribution in [0.25, 0.3) is 0 Å². The maximum absolute atomic E-state index is 13.4. The van der Waals surface area contributed by atoms with Crippen LogP contribution in [-0.2, 0) is 0 Å². The summed E-state index contributed by atoms with van der Waals surface area (Å²) in [6.45, 7) is 1.32.